The summed E-state index contributed by atoms with van der Waals surface area (Å²) < 4.78 is 12.9. The van der Waals surface area contributed by atoms with Crippen molar-refractivity contribution in [2.45, 2.75) is 96.4 Å². The van der Waals surface area contributed by atoms with E-state index in [0.717, 1.165) is 13.0 Å². The van der Waals surface area contributed by atoms with Crippen LogP contribution in [0, 0.1) is 0 Å². The number of hydrogen-bond acceptors (Lipinski definition) is 2. The van der Waals surface area contributed by atoms with Gasteiger partial charge in [0.25, 0.3) is 0 Å². The van der Waals surface area contributed by atoms with Crippen molar-refractivity contribution in [3.8, 4) is 0 Å². The lowest BCUT2D eigenvalue weighted by Gasteiger charge is -2.26. The molecule has 0 aromatic heterocycles. The minimum absolute atomic E-state index is 0.0705. The van der Waals surface area contributed by atoms with Gasteiger partial charge in [0.05, 0.1) is 6.10 Å². The summed E-state index contributed by atoms with van der Waals surface area (Å²) in [5.41, 5.74) is 0. The molecule has 2 atom stereocenters. The first kappa shape index (κ1) is 20.4. The zero-order chi connectivity index (χ0) is 15.9. The summed E-state index contributed by atoms with van der Waals surface area (Å²) >= 11 is 2.45. The van der Waals surface area contributed by atoms with Crippen LogP contribution in [0.5, 0.6) is 0 Å². The molecule has 2 unspecified atom stereocenters. The molecule has 0 saturated carbocycles. The van der Waals surface area contributed by atoms with E-state index in [2.05, 4.69) is 41.7 Å². The van der Waals surface area contributed by atoms with E-state index in [1.165, 1.54) is 75.1 Å². The number of ether oxygens (including phenoxy) is 2. The lowest BCUT2D eigenvalue weighted by molar-refractivity contribution is -0.185. The zero-order valence-electron chi connectivity index (χ0n) is 14.4. The fourth-order valence-corrected chi connectivity index (χ4v) is 3.32. The first-order chi connectivity index (χ1) is 10.8. The molecule has 0 aromatic rings. The molecule has 2 nitrogen and oxygen atoms in total. The van der Waals surface area contributed by atoms with Crippen LogP contribution >= 0.6 is 22.6 Å². The van der Waals surface area contributed by atoms with Gasteiger partial charge >= 0.3 is 0 Å². The van der Waals surface area contributed by atoms with Crippen molar-refractivity contribution < 1.29 is 9.47 Å². The van der Waals surface area contributed by atoms with Crippen LogP contribution in [0.2, 0.25) is 0 Å². The average molecular weight is 422 g/mol. The second kappa shape index (κ2) is 14.9. The number of rotatable bonds is 13. The van der Waals surface area contributed by atoms with E-state index >= 15 is 0 Å². The third-order valence-corrected chi connectivity index (χ3v) is 4.94. The Morgan fingerprint density at radius 2 is 1.77 bits per heavy atom. The van der Waals surface area contributed by atoms with Crippen molar-refractivity contribution in [1.29, 1.82) is 0 Å². The van der Waals surface area contributed by atoms with Crippen molar-refractivity contribution in [2.24, 2.45) is 0 Å². The summed E-state index contributed by atoms with van der Waals surface area (Å²) in [6.45, 7) is 3.07. The second-order valence-corrected chi connectivity index (χ2v) is 7.47. The molecule has 3 heteroatoms. The molecule has 0 N–H and O–H groups in total. The van der Waals surface area contributed by atoms with Crippen LogP contribution in [-0.4, -0.2) is 23.4 Å². The van der Waals surface area contributed by atoms with E-state index < -0.39 is 0 Å². The van der Waals surface area contributed by atoms with Gasteiger partial charge in [-0.2, -0.15) is 0 Å². The molecule has 1 heterocycles. The first-order valence-electron chi connectivity index (χ1n) is 9.31. The van der Waals surface area contributed by atoms with Crippen molar-refractivity contribution in [2.75, 3.05) is 11.0 Å². The van der Waals surface area contributed by atoms with Gasteiger partial charge in [-0.1, -0.05) is 54.0 Å². The van der Waals surface area contributed by atoms with E-state index in [1.54, 1.807) is 0 Å². The Balaban J connectivity index is 1.84. The number of alkyl halides is 1. The van der Waals surface area contributed by atoms with Crippen LogP contribution in [0.4, 0.5) is 0 Å². The summed E-state index contributed by atoms with van der Waals surface area (Å²) in [6.07, 6.45) is 20.4. The normalized spacial score (nSPS) is 20.5. The number of halogens is 1. The van der Waals surface area contributed by atoms with E-state index in [1.807, 2.05) is 0 Å². The second-order valence-electron chi connectivity index (χ2n) is 6.39. The van der Waals surface area contributed by atoms with Gasteiger partial charge in [-0.05, 0) is 69.1 Å². The van der Waals surface area contributed by atoms with Crippen molar-refractivity contribution in [3.05, 3.63) is 12.2 Å². The van der Waals surface area contributed by atoms with Gasteiger partial charge < -0.3 is 9.47 Å². The predicted octanol–water partition coefficient (Wildman–Crippen LogP) is 6.42. The van der Waals surface area contributed by atoms with E-state index in [9.17, 15) is 0 Å². The van der Waals surface area contributed by atoms with Crippen LogP contribution in [0.25, 0.3) is 0 Å². The molecule has 0 bridgehead atoms. The van der Waals surface area contributed by atoms with E-state index in [0.29, 0.717) is 6.10 Å². The monoisotopic (exact) mass is 422 g/mol. The number of unbranched alkanes of at least 4 members (excludes halogenated alkanes) is 6. The van der Waals surface area contributed by atoms with Gasteiger partial charge in [-0.3, -0.25) is 0 Å². The quantitative estimate of drug-likeness (QED) is 0.148. The highest BCUT2D eigenvalue weighted by Crippen LogP contribution is 2.18. The minimum Gasteiger partial charge on any atom is -0.353 e. The third kappa shape index (κ3) is 11.9. The Morgan fingerprint density at radius 1 is 1.05 bits per heavy atom. The van der Waals surface area contributed by atoms with Crippen LogP contribution in [0.1, 0.15) is 84.0 Å². The zero-order valence-corrected chi connectivity index (χ0v) is 16.6. The Labute approximate surface area is 151 Å². The molecule has 0 radical (unpaired) electrons. The Hall–Kier alpha value is 0.390. The Kier molecular flexibility index (Phi) is 13.9. The molecule has 0 aromatic carbocycles. The molecule has 130 valence electrons. The standard InChI is InChI=1S/C19H35IO2/c1-18(22-19-15-11-13-17-21-19)14-10-8-6-4-2-3-5-7-9-12-16-20/h3,5,18-19H,2,4,6-17H2,1H3/b5-3-. The molecular weight excluding hydrogens is 387 g/mol. The van der Waals surface area contributed by atoms with Gasteiger partial charge in [0.15, 0.2) is 6.29 Å². The highest BCUT2D eigenvalue weighted by molar-refractivity contribution is 14.1. The van der Waals surface area contributed by atoms with E-state index in [-0.39, 0.29) is 6.29 Å². The highest BCUT2D eigenvalue weighted by Gasteiger charge is 2.16. The van der Waals surface area contributed by atoms with Crippen LogP contribution < -0.4 is 0 Å². The first-order valence-corrected chi connectivity index (χ1v) is 10.8. The Bertz CT molecular complexity index is 262. The fourth-order valence-electron chi connectivity index (χ4n) is 2.79. The van der Waals surface area contributed by atoms with Crippen LogP contribution in [0.15, 0.2) is 12.2 Å². The molecule has 1 saturated heterocycles. The maximum atomic E-state index is 5.95. The third-order valence-electron chi connectivity index (χ3n) is 4.17. The maximum absolute atomic E-state index is 5.95. The van der Waals surface area contributed by atoms with Crippen molar-refractivity contribution >= 4 is 22.6 Å². The van der Waals surface area contributed by atoms with Crippen LogP contribution in [-0.2, 0) is 9.47 Å². The highest BCUT2D eigenvalue weighted by atomic mass is 127. The Morgan fingerprint density at radius 3 is 2.45 bits per heavy atom. The smallest absolute Gasteiger partial charge is 0.157 e. The molecule has 0 spiro atoms. The predicted molar refractivity (Wildman–Crippen MR) is 104 cm³/mol. The van der Waals surface area contributed by atoms with Gasteiger partial charge in [0, 0.05) is 6.61 Å². The molecule has 1 rings (SSSR count). The topological polar surface area (TPSA) is 18.5 Å². The molecule has 1 fully saturated rings. The van der Waals surface area contributed by atoms with E-state index in [4.69, 9.17) is 9.47 Å². The largest absolute Gasteiger partial charge is 0.353 e. The van der Waals surface area contributed by atoms with Crippen molar-refractivity contribution in [1.82, 2.24) is 0 Å². The van der Waals surface area contributed by atoms with Gasteiger partial charge in [-0.25, -0.2) is 0 Å². The molecule has 0 amide bonds. The minimum atomic E-state index is 0.0705. The van der Waals surface area contributed by atoms with Gasteiger partial charge in [0.1, 0.15) is 0 Å². The number of hydrogen-bond donors (Lipinski definition) is 0. The summed E-state index contributed by atoms with van der Waals surface area (Å²) in [5, 5.41) is 0. The lowest BCUT2D eigenvalue weighted by atomic mass is 10.1. The number of allylic oxidation sites excluding steroid dienone is 2. The van der Waals surface area contributed by atoms with Gasteiger partial charge in [0.2, 0.25) is 0 Å². The molecule has 1 aliphatic rings. The molecular formula is C19H35IO2. The summed E-state index contributed by atoms with van der Waals surface area (Å²) in [7, 11) is 0. The maximum Gasteiger partial charge on any atom is 0.157 e. The summed E-state index contributed by atoms with van der Waals surface area (Å²) in [4.78, 5) is 0. The summed E-state index contributed by atoms with van der Waals surface area (Å²) in [5.74, 6) is 0. The van der Waals surface area contributed by atoms with Gasteiger partial charge in [-0.15, -0.1) is 0 Å². The fraction of sp³-hybridized carbons (Fsp3) is 0.895. The average Bonchev–Trinajstić information content (AvgIpc) is 2.53. The van der Waals surface area contributed by atoms with Crippen LogP contribution in [0.3, 0.4) is 0 Å². The molecule has 22 heavy (non-hydrogen) atoms. The lowest BCUT2D eigenvalue weighted by Crippen LogP contribution is -2.26. The van der Waals surface area contributed by atoms with Crippen molar-refractivity contribution in [3.63, 3.8) is 0 Å². The molecule has 1 aliphatic heterocycles. The summed E-state index contributed by atoms with van der Waals surface area (Å²) in [6, 6.07) is 0. The SMILES string of the molecule is CC(CCCCCC/C=C\CCCCI)OC1CCCCO1. The molecule has 0 aliphatic carbocycles.